The summed E-state index contributed by atoms with van der Waals surface area (Å²) in [7, 11) is 0. The van der Waals surface area contributed by atoms with Gasteiger partial charge in [0.15, 0.2) is 0 Å². The van der Waals surface area contributed by atoms with E-state index in [-0.39, 0.29) is 44.5 Å². The summed E-state index contributed by atoms with van der Waals surface area (Å²) in [5.41, 5.74) is 2.66. The molecule has 13 nitrogen and oxygen atoms in total. The lowest BCUT2D eigenvalue weighted by Gasteiger charge is -2.25. The molecule has 1 fully saturated rings. The number of esters is 1. The molecule has 0 aliphatic carbocycles. The summed E-state index contributed by atoms with van der Waals surface area (Å²) >= 11 is 0. The Morgan fingerprint density at radius 1 is 0.687 bits per heavy atom. The number of nitrogens with zero attached hydrogens (tertiary/aromatic N) is 2. The Hall–Kier alpha value is -5.27. The van der Waals surface area contributed by atoms with Gasteiger partial charge in [0.2, 0.25) is 11.8 Å². The maximum absolute atomic E-state index is 13.7. The Kier molecular flexibility index (Phi) is 27.0. The molecule has 2 N–H and O–H groups in total. The van der Waals surface area contributed by atoms with Crippen LogP contribution in [0.25, 0.3) is 0 Å². The first-order valence-corrected chi connectivity index (χ1v) is 25.1. The summed E-state index contributed by atoms with van der Waals surface area (Å²) in [6.07, 6.45) is 17.5. The molecule has 3 aromatic rings. The van der Waals surface area contributed by atoms with Crippen LogP contribution in [0, 0.1) is 0 Å². The molecule has 0 saturated carbocycles. The van der Waals surface area contributed by atoms with E-state index in [0.29, 0.717) is 38.8 Å². The van der Waals surface area contributed by atoms with Crippen molar-refractivity contribution in [3.05, 3.63) is 108 Å². The van der Waals surface area contributed by atoms with E-state index >= 15 is 0 Å². The number of rotatable bonds is 33. The maximum atomic E-state index is 13.7. The Morgan fingerprint density at radius 2 is 1.24 bits per heavy atom. The van der Waals surface area contributed by atoms with Crippen LogP contribution in [0.3, 0.4) is 0 Å². The molecule has 3 aromatic carbocycles. The van der Waals surface area contributed by atoms with Crippen LogP contribution >= 0.6 is 0 Å². The lowest BCUT2D eigenvalue weighted by molar-refractivity contribution is -0.192. The SMILES string of the molecule is CCCCCCCCCCCCCCCC(=O)N(CCCC[C@H](NC(=O)OCc1ccccc1)C(=O)O[C@H](C)CC(=O)N[C@H]1CCCCN(OCc2ccccc2)C1=O)OCc1ccccc1. The lowest BCUT2D eigenvalue weighted by Crippen LogP contribution is -2.48. The van der Waals surface area contributed by atoms with Crippen molar-refractivity contribution in [1.82, 2.24) is 20.8 Å². The highest BCUT2D eigenvalue weighted by molar-refractivity contribution is 5.87. The smallest absolute Gasteiger partial charge is 0.408 e. The van der Waals surface area contributed by atoms with Crippen LogP contribution < -0.4 is 10.6 Å². The zero-order valence-electron chi connectivity index (χ0n) is 40.3. The number of alkyl carbamates (subject to hydrolysis) is 1. The number of hydroxylamine groups is 4. The van der Waals surface area contributed by atoms with Crippen molar-refractivity contribution in [1.29, 1.82) is 0 Å². The van der Waals surface area contributed by atoms with Gasteiger partial charge in [-0.2, -0.15) is 0 Å². The van der Waals surface area contributed by atoms with E-state index in [1.807, 2.05) is 91.0 Å². The first kappa shape index (κ1) is 54.3. The zero-order chi connectivity index (χ0) is 47.7. The largest absolute Gasteiger partial charge is 0.461 e. The van der Waals surface area contributed by atoms with Crippen LogP contribution in [0.1, 0.15) is 165 Å². The number of ether oxygens (including phenoxy) is 2. The van der Waals surface area contributed by atoms with Gasteiger partial charge < -0.3 is 20.1 Å². The van der Waals surface area contributed by atoms with Crippen molar-refractivity contribution in [3.63, 3.8) is 0 Å². The Labute approximate surface area is 399 Å². The van der Waals surface area contributed by atoms with Crippen LogP contribution in [0.2, 0.25) is 0 Å². The highest BCUT2D eigenvalue weighted by atomic mass is 16.7. The van der Waals surface area contributed by atoms with Gasteiger partial charge in [-0.1, -0.05) is 175 Å². The quantitative estimate of drug-likeness (QED) is 0.0345. The molecule has 13 heteroatoms. The Morgan fingerprint density at radius 3 is 1.84 bits per heavy atom. The van der Waals surface area contributed by atoms with E-state index in [2.05, 4.69) is 17.6 Å². The van der Waals surface area contributed by atoms with E-state index in [4.69, 9.17) is 19.1 Å². The lowest BCUT2D eigenvalue weighted by atomic mass is 10.0. The van der Waals surface area contributed by atoms with Gasteiger partial charge in [-0.3, -0.25) is 24.1 Å². The minimum Gasteiger partial charge on any atom is -0.461 e. The minimum absolute atomic E-state index is 0.00864. The molecule has 1 saturated heterocycles. The average molecular weight is 927 g/mol. The predicted octanol–water partition coefficient (Wildman–Crippen LogP) is 10.8. The summed E-state index contributed by atoms with van der Waals surface area (Å²) in [6.45, 7) is 5.05. The second-order valence-corrected chi connectivity index (χ2v) is 17.8. The van der Waals surface area contributed by atoms with E-state index in [1.165, 1.54) is 74.3 Å². The van der Waals surface area contributed by atoms with Crippen molar-refractivity contribution in [3.8, 4) is 0 Å². The summed E-state index contributed by atoms with van der Waals surface area (Å²) in [5, 5.41) is 8.25. The van der Waals surface area contributed by atoms with Gasteiger partial charge in [0, 0.05) is 19.5 Å². The van der Waals surface area contributed by atoms with Crippen molar-refractivity contribution in [2.75, 3.05) is 13.1 Å². The van der Waals surface area contributed by atoms with Crippen LogP contribution in [0.4, 0.5) is 4.79 Å². The van der Waals surface area contributed by atoms with Crippen molar-refractivity contribution in [2.45, 2.75) is 187 Å². The number of benzene rings is 3. The van der Waals surface area contributed by atoms with Crippen molar-refractivity contribution >= 4 is 29.8 Å². The summed E-state index contributed by atoms with van der Waals surface area (Å²) in [4.78, 5) is 78.7. The molecule has 0 unspecified atom stereocenters. The second kappa shape index (κ2) is 33.2. The Balaban J connectivity index is 1.26. The normalized spacial score (nSPS) is 14.7. The fraction of sp³-hybridized carbons (Fsp3) is 0.574. The molecule has 1 aliphatic heterocycles. The van der Waals surface area contributed by atoms with E-state index in [9.17, 15) is 24.0 Å². The van der Waals surface area contributed by atoms with Gasteiger partial charge >= 0.3 is 12.1 Å². The molecule has 4 amide bonds. The van der Waals surface area contributed by atoms with Gasteiger partial charge in [-0.05, 0) is 68.6 Å². The number of hydrogen-bond donors (Lipinski definition) is 2. The molecular formula is C54H78N4O9. The molecule has 0 bridgehead atoms. The number of amides is 4. The third-order valence-corrected chi connectivity index (χ3v) is 11.9. The standard InChI is InChI=1S/C54H78N4O9/c1-3-4-5-6-7-8-9-10-11-12-13-14-24-37-51(60)57(65-42-46-31-20-16-21-32-46)38-27-26-36-49(56-54(63)64-41-45-29-18-15-19-30-45)53(62)67-44(2)40-50(59)55-48-35-25-28-39-58(52(48)61)66-43-47-33-22-17-23-34-47/h15-23,29-34,44,48-49H,3-14,24-28,35-43H2,1-2H3,(H,55,59)(H,56,63)/t44-,48+,49+/m1/s1. The first-order chi connectivity index (χ1) is 32.7. The van der Waals surface area contributed by atoms with Gasteiger partial charge in [0.05, 0.1) is 6.42 Å². The molecule has 1 aliphatic rings. The van der Waals surface area contributed by atoms with Gasteiger partial charge in [0.1, 0.15) is 38.0 Å². The molecular weight excluding hydrogens is 849 g/mol. The number of carbonyl (C=O) groups is 5. The fourth-order valence-electron chi connectivity index (χ4n) is 8.00. The monoisotopic (exact) mass is 927 g/mol. The molecule has 0 aromatic heterocycles. The second-order valence-electron chi connectivity index (χ2n) is 17.8. The highest BCUT2D eigenvalue weighted by Crippen LogP contribution is 2.18. The number of carbonyl (C=O) groups excluding carboxylic acids is 5. The predicted molar refractivity (Wildman–Crippen MR) is 260 cm³/mol. The van der Waals surface area contributed by atoms with Crippen LogP contribution in [0.5, 0.6) is 0 Å². The molecule has 0 spiro atoms. The van der Waals surface area contributed by atoms with E-state index in [1.54, 1.807) is 6.92 Å². The highest BCUT2D eigenvalue weighted by Gasteiger charge is 2.31. The molecule has 67 heavy (non-hydrogen) atoms. The minimum atomic E-state index is -1.09. The molecule has 368 valence electrons. The van der Waals surface area contributed by atoms with Crippen LogP contribution in [0.15, 0.2) is 91.0 Å². The molecule has 4 rings (SSSR count). The van der Waals surface area contributed by atoms with Crippen molar-refractivity contribution < 1.29 is 43.1 Å². The van der Waals surface area contributed by atoms with Crippen LogP contribution in [-0.4, -0.2) is 71.2 Å². The summed E-state index contributed by atoms with van der Waals surface area (Å²) in [6, 6.07) is 26.6. The number of unbranched alkanes of at least 4 members (excludes halogenated alkanes) is 13. The van der Waals surface area contributed by atoms with Gasteiger partial charge in [-0.15, -0.1) is 0 Å². The van der Waals surface area contributed by atoms with E-state index in [0.717, 1.165) is 48.8 Å². The molecule has 3 atom stereocenters. The maximum Gasteiger partial charge on any atom is 0.408 e. The third-order valence-electron chi connectivity index (χ3n) is 11.9. The fourth-order valence-corrected chi connectivity index (χ4v) is 8.00. The third kappa shape index (κ3) is 23.3. The van der Waals surface area contributed by atoms with E-state index < -0.39 is 36.2 Å². The molecule has 1 heterocycles. The topological polar surface area (TPSA) is 153 Å². The van der Waals surface area contributed by atoms with Gasteiger partial charge in [-0.25, -0.2) is 19.7 Å². The zero-order valence-corrected chi connectivity index (χ0v) is 40.3. The molecule has 0 radical (unpaired) electrons. The first-order valence-electron chi connectivity index (χ1n) is 25.1. The van der Waals surface area contributed by atoms with Crippen LogP contribution in [-0.2, 0) is 58.1 Å². The number of nitrogens with one attached hydrogen (secondary N) is 2. The van der Waals surface area contributed by atoms with Gasteiger partial charge in [0.25, 0.3) is 5.91 Å². The Bertz CT molecular complexity index is 1830. The van der Waals surface area contributed by atoms with Crippen molar-refractivity contribution in [2.24, 2.45) is 0 Å². The summed E-state index contributed by atoms with van der Waals surface area (Å²) in [5.74, 6) is -1.58. The summed E-state index contributed by atoms with van der Waals surface area (Å²) < 4.78 is 11.2. The average Bonchev–Trinajstić information content (AvgIpc) is 3.51. The number of hydrogen-bond acceptors (Lipinski definition) is 9.